The molecule has 1 aromatic rings. The van der Waals surface area contributed by atoms with Crippen molar-refractivity contribution in [3.63, 3.8) is 0 Å². The number of sulfonamides is 1. The summed E-state index contributed by atoms with van der Waals surface area (Å²) >= 11 is 0. The van der Waals surface area contributed by atoms with E-state index in [9.17, 15) is 13.5 Å². The molecule has 21 heavy (non-hydrogen) atoms. The second-order valence-electron chi connectivity index (χ2n) is 5.47. The number of aliphatic hydroxyl groups excluding tert-OH is 1. The van der Waals surface area contributed by atoms with Gasteiger partial charge in [-0.15, -0.1) is 0 Å². The van der Waals surface area contributed by atoms with Crippen molar-refractivity contribution in [1.29, 1.82) is 0 Å². The van der Waals surface area contributed by atoms with Crippen molar-refractivity contribution in [3.8, 4) is 5.75 Å². The van der Waals surface area contributed by atoms with Crippen LogP contribution in [0.3, 0.4) is 0 Å². The molecule has 1 saturated carbocycles. The number of rotatable bonds is 7. The Balaban J connectivity index is 1.79. The first-order valence-corrected chi connectivity index (χ1v) is 8.59. The molecule has 0 atom stereocenters. The van der Waals surface area contributed by atoms with Crippen LogP contribution in [0, 0.1) is 5.92 Å². The fraction of sp³-hybridized carbons (Fsp3) is 0.571. The lowest BCUT2D eigenvalue weighted by atomic mass is 9.82. The molecule has 3 N–H and O–H groups in total. The molecule has 1 aromatic carbocycles. The van der Waals surface area contributed by atoms with Crippen molar-refractivity contribution >= 4 is 15.7 Å². The first-order valence-electron chi connectivity index (χ1n) is 6.98. The largest absolute Gasteiger partial charge is 0.490 e. The van der Waals surface area contributed by atoms with E-state index in [1.165, 1.54) is 4.31 Å². The average Bonchev–Trinajstić information content (AvgIpc) is 2.39. The molecule has 0 bridgehead atoms. The Hall–Kier alpha value is -1.31. The van der Waals surface area contributed by atoms with Gasteiger partial charge < -0.3 is 15.6 Å². The van der Waals surface area contributed by atoms with Crippen LogP contribution in [0.4, 0.5) is 5.69 Å². The summed E-state index contributed by atoms with van der Waals surface area (Å²) < 4.78 is 31.0. The van der Waals surface area contributed by atoms with Gasteiger partial charge in [0.25, 0.3) is 0 Å². The number of aliphatic hydroxyl groups is 1. The van der Waals surface area contributed by atoms with E-state index in [0.29, 0.717) is 30.8 Å². The third-order valence-electron chi connectivity index (χ3n) is 3.72. The van der Waals surface area contributed by atoms with Crippen LogP contribution in [0.15, 0.2) is 24.3 Å². The van der Waals surface area contributed by atoms with Crippen molar-refractivity contribution < 1.29 is 18.3 Å². The molecule has 2 rings (SSSR count). The number of benzene rings is 1. The maximum atomic E-state index is 12.1. The molecule has 1 aliphatic carbocycles. The van der Waals surface area contributed by atoms with Crippen LogP contribution in [0.25, 0.3) is 0 Å². The number of hydrogen-bond donors (Lipinski definition) is 2. The maximum Gasteiger partial charge on any atom is 0.217 e. The first-order chi connectivity index (χ1) is 9.88. The van der Waals surface area contributed by atoms with Gasteiger partial charge in [-0.3, -0.25) is 0 Å². The third kappa shape index (κ3) is 4.33. The predicted octanol–water partition coefficient (Wildman–Crippen LogP) is 0.680. The molecule has 7 heteroatoms. The fourth-order valence-electron chi connectivity index (χ4n) is 2.35. The maximum absolute atomic E-state index is 12.1. The Morgan fingerprint density at radius 3 is 2.67 bits per heavy atom. The number of nitrogen functional groups attached to an aromatic ring is 1. The van der Waals surface area contributed by atoms with Crippen LogP contribution in [-0.2, 0) is 10.0 Å². The van der Waals surface area contributed by atoms with Gasteiger partial charge in [0, 0.05) is 13.6 Å². The molecular weight excluding hydrogens is 292 g/mol. The lowest BCUT2D eigenvalue weighted by Gasteiger charge is -2.34. The smallest absolute Gasteiger partial charge is 0.217 e. The first kappa shape index (κ1) is 16.1. The summed E-state index contributed by atoms with van der Waals surface area (Å²) in [5, 5.41) is 9.23. The Labute approximate surface area is 125 Å². The van der Waals surface area contributed by atoms with Crippen LogP contribution in [0.1, 0.15) is 12.8 Å². The predicted molar refractivity (Wildman–Crippen MR) is 81.5 cm³/mol. The Morgan fingerprint density at radius 1 is 1.38 bits per heavy atom. The Bertz CT molecular complexity index is 570. The molecule has 0 spiro atoms. The molecule has 0 radical (unpaired) electrons. The number of anilines is 1. The van der Waals surface area contributed by atoms with E-state index in [1.807, 2.05) is 0 Å². The van der Waals surface area contributed by atoms with E-state index >= 15 is 0 Å². The van der Waals surface area contributed by atoms with Crippen molar-refractivity contribution in [2.24, 2.45) is 5.92 Å². The van der Waals surface area contributed by atoms with Gasteiger partial charge in [-0.1, -0.05) is 12.1 Å². The second-order valence-corrected chi connectivity index (χ2v) is 7.67. The lowest BCUT2D eigenvalue weighted by Crippen LogP contribution is -2.40. The molecule has 0 amide bonds. The van der Waals surface area contributed by atoms with Crippen molar-refractivity contribution in [3.05, 3.63) is 24.3 Å². The summed E-state index contributed by atoms with van der Waals surface area (Å²) in [7, 11) is -1.78. The van der Waals surface area contributed by atoms with Gasteiger partial charge in [0.15, 0.2) is 0 Å². The van der Waals surface area contributed by atoms with E-state index in [4.69, 9.17) is 10.5 Å². The Morgan fingerprint density at radius 2 is 2.05 bits per heavy atom. The summed E-state index contributed by atoms with van der Waals surface area (Å²) in [6, 6.07) is 6.99. The van der Waals surface area contributed by atoms with Gasteiger partial charge in [-0.25, -0.2) is 12.7 Å². The minimum atomic E-state index is -3.35. The number of nitrogens with two attached hydrogens (primary N) is 1. The van der Waals surface area contributed by atoms with E-state index in [2.05, 4.69) is 0 Å². The quantitative estimate of drug-likeness (QED) is 0.722. The highest BCUT2D eigenvalue weighted by atomic mass is 32.2. The van der Waals surface area contributed by atoms with Crippen molar-refractivity contribution in [2.75, 3.05) is 31.7 Å². The zero-order valence-corrected chi connectivity index (χ0v) is 12.9. The van der Waals surface area contributed by atoms with Gasteiger partial charge in [-0.05, 0) is 30.9 Å². The normalized spacial score (nSPS) is 22.0. The highest BCUT2D eigenvalue weighted by Gasteiger charge is 2.30. The minimum Gasteiger partial charge on any atom is -0.490 e. The molecule has 0 heterocycles. The van der Waals surface area contributed by atoms with Crippen LogP contribution in [0.5, 0.6) is 5.75 Å². The van der Waals surface area contributed by atoms with Crippen molar-refractivity contribution in [1.82, 2.24) is 4.31 Å². The molecular formula is C14H22N2O4S. The number of hydrogen-bond acceptors (Lipinski definition) is 5. The summed E-state index contributed by atoms with van der Waals surface area (Å²) in [6.45, 7) is 0.515. The van der Waals surface area contributed by atoms with E-state index in [0.717, 1.165) is 0 Å². The van der Waals surface area contributed by atoms with Gasteiger partial charge in [-0.2, -0.15) is 0 Å². The van der Waals surface area contributed by atoms with Crippen LogP contribution in [-0.4, -0.2) is 49.9 Å². The van der Waals surface area contributed by atoms with Crippen LogP contribution in [0.2, 0.25) is 0 Å². The molecule has 0 saturated heterocycles. The molecule has 118 valence electrons. The molecule has 0 unspecified atom stereocenters. The van der Waals surface area contributed by atoms with E-state index in [-0.39, 0.29) is 24.4 Å². The summed E-state index contributed by atoms with van der Waals surface area (Å²) in [4.78, 5) is 0. The van der Waals surface area contributed by atoms with Crippen LogP contribution >= 0.6 is 0 Å². The number of nitrogens with zero attached hydrogens (tertiary/aromatic N) is 1. The Kier molecular flexibility index (Phi) is 5.08. The molecule has 0 aliphatic heterocycles. The van der Waals surface area contributed by atoms with Gasteiger partial charge in [0.2, 0.25) is 10.0 Å². The fourth-order valence-corrected chi connectivity index (χ4v) is 3.40. The number of para-hydroxylation sites is 2. The standard InChI is InChI=1S/C14H22N2O4S/c1-16(10-11-8-12(17)9-11)21(18,19)7-6-20-14-5-3-2-4-13(14)15/h2-5,11-12,17H,6-10,15H2,1H3. The molecule has 1 aliphatic rings. The summed E-state index contributed by atoms with van der Waals surface area (Å²) in [6.07, 6.45) is 1.09. The van der Waals surface area contributed by atoms with E-state index < -0.39 is 10.0 Å². The third-order valence-corrected chi connectivity index (χ3v) is 5.50. The van der Waals surface area contributed by atoms with Crippen LogP contribution < -0.4 is 10.5 Å². The molecule has 1 fully saturated rings. The highest BCUT2D eigenvalue weighted by Crippen LogP contribution is 2.28. The molecule has 0 aromatic heterocycles. The SMILES string of the molecule is CN(CC1CC(O)C1)S(=O)(=O)CCOc1ccccc1N. The minimum absolute atomic E-state index is 0.0637. The van der Waals surface area contributed by atoms with Crippen molar-refractivity contribution in [2.45, 2.75) is 18.9 Å². The monoisotopic (exact) mass is 314 g/mol. The van der Waals surface area contributed by atoms with E-state index in [1.54, 1.807) is 31.3 Å². The number of ether oxygens (including phenoxy) is 1. The lowest BCUT2D eigenvalue weighted by molar-refractivity contribution is 0.0367. The second kappa shape index (κ2) is 6.64. The summed E-state index contributed by atoms with van der Waals surface area (Å²) in [5.41, 5.74) is 6.22. The topological polar surface area (TPSA) is 92.9 Å². The zero-order chi connectivity index (χ0) is 15.5. The highest BCUT2D eigenvalue weighted by molar-refractivity contribution is 7.89. The average molecular weight is 314 g/mol. The zero-order valence-electron chi connectivity index (χ0n) is 12.1. The van der Waals surface area contributed by atoms with Gasteiger partial charge in [0.05, 0.1) is 17.5 Å². The molecule has 6 nitrogen and oxygen atoms in total. The van der Waals surface area contributed by atoms with Gasteiger partial charge >= 0.3 is 0 Å². The van der Waals surface area contributed by atoms with Gasteiger partial charge in [0.1, 0.15) is 12.4 Å². The summed E-state index contributed by atoms with van der Waals surface area (Å²) in [5.74, 6) is 0.663.